The summed E-state index contributed by atoms with van der Waals surface area (Å²) in [6, 6.07) is 1.61. The standard InChI is InChI=1S/C10H17N3O2S/c1-7-5-9(12-6-8(7)11)13-16(14,15)10(2,3)4/h5-6H,11H2,1-4H3,(H,12,13). The van der Waals surface area contributed by atoms with Crippen molar-refractivity contribution in [2.75, 3.05) is 10.5 Å². The van der Waals surface area contributed by atoms with Crippen LogP contribution in [-0.4, -0.2) is 18.1 Å². The van der Waals surface area contributed by atoms with Crippen molar-refractivity contribution in [3.05, 3.63) is 17.8 Å². The Bertz CT molecular complexity index is 489. The van der Waals surface area contributed by atoms with E-state index in [1.807, 2.05) is 0 Å². The molecule has 1 aromatic rings. The second kappa shape index (κ2) is 3.93. The number of nitrogens with zero attached hydrogens (tertiary/aromatic N) is 1. The highest BCUT2D eigenvalue weighted by atomic mass is 32.2. The van der Waals surface area contributed by atoms with Crippen LogP contribution in [-0.2, 0) is 10.0 Å². The summed E-state index contributed by atoms with van der Waals surface area (Å²) in [6.45, 7) is 6.67. The van der Waals surface area contributed by atoms with Crippen molar-refractivity contribution in [1.82, 2.24) is 4.98 Å². The van der Waals surface area contributed by atoms with E-state index in [1.54, 1.807) is 33.8 Å². The number of hydrogen-bond donors (Lipinski definition) is 2. The molecule has 0 aliphatic rings. The monoisotopic (exact) mass is 243 g/mol. The molecule has 0 fully saturated rings. The number of nitrogen functional groups attached to an aromatic ring is 1. The third-order valence-electron chi connectivity index (χ3n) is 2.20. The molecule has 5 nitrogen and oxygen atoms in total. The minimum Gasteiger partial charge on any atom is -0.397 e. The Morgan fingerprint density at radius 3 is 2.38 bits per heavy atom. The molecule has 90 valence electrons. The maximum absolute atomic E-state index is 11.8. The summed E-state index contributed by atoms with van der Waals surface area (Å²) in [7, 11) is -3.43. The average molecular weight is 243 g/mol. The van der Waals surface area contributed by atoms with Gasteiger partial charge in [-0.15, -0.1) is 0 Å². The second-order valence-electron chi connectivity index (χ2n) is 4.64. The van der Waals surface area contributed by atoms with Gasteiger partial charge in [0.25, 0.3) is 0 Å². The third-order valence-corrected chi connectivity index (χ3v) is 4.29. The van der Waals surface area contributed by atoms with Crippen molar-refractivity contribution >= 4 is 21.5 Å². The van der Waals surface area contributed by atoms with E-state index in [0.29, 0.717) is 11.5 Å². The van der Waals surface area contributed by atoms with Crippen molar-refractivity contribution in [2.45, 2.75) is 32.4 Å². The van der Waals surface area contributed by atoms with E-state index >= 15 is 0 Å². The molecule has 0 spiro atoms. The predicted octanol–water partition coefficient (Wildman–Crippen LogP) is 1.51. The Kier molecular flexibility index (Phi) is 3.14. The Morgan fingerprint density at radius 1 is 1.38 bits per heavy atom. The van der Waals surface area contributed by atoms with Crippen molar-refractivity contribution < 1.29 is 8.42 Å². The lowest BCUT2D eigenvalue weighted by atomic mass is 10.2. The quantitative estimate of drug-likeness (QED) is 0.824. The zero-order valence-electron chi connectivity index (χ0n) is 9.90. The molecule has 0 amide bonds. The number of pyridine rings is 1. The van der Waals surface area contributed by atoms with Crippen molar-refractivity contribution in [3.8, 4) is 0 Å². The molecule has 0 saturated carbocycles. The molecule has 0 unspecified atom stereocenters. The highest BCUT2D eigenvalue weighted by molar-refractivity contribution is 7.94. The molecule has 0 radical (unpaired) electrons. The maximum Gasteiger partial charge on any atom is 0.238 e. The van der Waals surface area contributed by atoms with Crippen LogP contribution in [0, 0.1) is 6.92 Å². The number of rotatable bonds is 2. The van der Waals surface area contributed by atoms with Gasteiger partial charge in [0, 0.05) is 0 Å². The van der Waals surface area contributed by atoms with Gasteiger partial charge in [-0.2, -0.15) is 0 Å². The van der Waals surface area contributed by atoms with E-state index in [2.05, 4.69) is 9.71 Å². The molecule has 0 aromatic carbocycles. The number of anilines is 2. The zero-order valence-corrected chi connectivity index (χ0v) is 10.7. The summed E-state index contributed by atoms with van der Waals surface area (Å²) in [4.78, 5) is 3.92. The molecule has 1 heterocycles. The van der Waals surface area contributed by atoms with Crippen LogP contribution in [0.3, 0.4) is 0 Å². The fourth-order valence-corrected chi connectivity index (χ4v) is 1.61. The van der Waals surface area contributed by atoms with Crippen LogP contribution in [0.1, 0.15) is 26.3 Å². The van der Waals surface area contributed by atoms with E-state index in [4.69, 9.17) is 5.73 Å². The largest absolute Gasteiger partial charge is 0.397 e. The van der Waals surface area contributed by atoms with Gasteiger partial charge in [0.2, 0.25) is 10.0 Å². The lowest BCUT2D eigenvalue weighted by molar-refractivity contribution is 0.566. The molecule has 0 aliphatic carbocycles. The summed E-state index contributed by atoms with van der Waals surface area (Å²) in [5.74, 6) is 0.293. The normalized spacial score (nSPS) is 12.5. The van der Waals surface area contributed by atoms with Gasteiger partial charge in [0.1, 0.15) is 5.82 Å². The molecule has 6 heteroatoms. The minimum absolute atomic E-state index is 0.293. The molecule has 16 heavy (non-hydrogen) atoms. The van der Waals surface area contributed by atoms with Crippen LogP contribution in [0.15, 0.2) is 12.3 Å². The van der Waals surface area contributed by atoms with Crippen molar-refractivity contribution in [3.63, 3.8) is 0 Å². The average Bonchev–Trinajstić information content (AvgIpc) is 2.09. The molecular formula is C10H17N3O2S. The maximum atomic E-state index is 11.8. The van der Waals surface area contributed by atoms with E-state index in [0.717, 1.165) is 5.56 Å². The fourth-order valence-electron chi connectivity index (χ4n) is 0.913. The summed E-state index contributed by atoms with van der Waals surface area (Å²) >= 11 is 0. The number of sulfonamides is 1. The van der Waals surface area contributed by atoms with Gasteiger partial charge in [-0.3, -0.25) is 4.72 Å². The minimum atomic E-state index is -3.43. The van der Waals surface area contributed by atoms with E-state index in [1.165, 1.54) is 6.20 Å². The van der Waals surface area contributed by atoms with Gasteiger partial charge in [-0.1, -0.05) is 0 Å². The lowest BCUT2D eigenvalue weighted by Gasteiger charge is -2.20. The van der Waals surface area contributed by atoms with Gasteiger partial charge in [-0.25, -0.2) is 13.4 Å². The lowest BCUT2D eigenvalue weighted by Crippen LogP contribution is -2.34. The van der Waals surface area contributed by atoms with Gasteiger partial charge in [0.05, 0.1) is 16.6 Å². The second-order valence-corrected chi connectivity index (χ2v) is 7.08. The Labute approximate surface area is 96.1 Å². The van der Waals surface area contributed by atoms with Crippen LogP contribution < -0.4 is 10.5 Å². The summed E-state index contributed by atoms with van der Waals surface area (Å²) in [5.41, 5.74) is 6.93. The Balaban J connectivity index is 3.03. The zero-order chi connectivity index (χ0) is 12.6. The first kappa shape index (κ1) is 12.8. The van der Waals surface area contributed by atoms with Crippen LogP contribution in [0.5, 0.6) is 0 Å². The van der Waals surface area contributed by atoms with Crippen LogP contribution >= 0.6 is 0 Å². The Morgan fingerprint density at radius 2 is 1.94 bits per heavy atom. The molecule has 3 N–H and O–H groups in total. The number of nitrogens with one attached hydrogen (secondary N) is 1. The molecule has 0 aliphatic heterocycles. The van der Waals surface area contributed by atoms with Crippen LogP contribution in [0.4, 0.5) is 11.5 Å². The molecule has 1 aromatic heterocycles. The van der Waals surface area contributed by atoms with E-state index < -0.39 is 14.8 Å². The first-order valence-electron chi connectivity index (χ1n) is 4.88. The van der Waals surface area contributed by atoms with Gasteiger partial charge in [0.15, 0.2) is 0 Å². The van der Waals surface area contributed by atoms with E-state index in [-0.39, 0.29) is 0 Å². The van der Waals surface area contributed by atoms with Crippen LogP contribution in [0.2, 0.25) is 0 Å². The van der Waals surface area contributed by atoms with E-state index in [9.17, 15) is 8.42 Å². The smallest absolute Gasteiger partial charge is 0.238 e. The molecule has 0 saturated heterocycles. The molecule has 0 bridgehead atoms. The number of aryl methyl sites for hydroxylation is 1. The molecule has 0 atom stereocenters. The highest BCUT2D eigenvalue weighted by Crippen LogP contribution is 2.20. The van der Waals surface area contributed by atoms with Gasteiger partial charge >= 0.3 is 0 Å². The molecule has 1 rings (SSSR count). The topological polar surface area (TPSA) is 85.1 Å². The number of aromatic nitrogens is 1. The first-order chi connectivity index (χ1) is 7.13. The van der Waals surface area contributed by atoms with Crippen molar-refractivity contribution in [2.24, 2.45) is 0 Å². The Hall–Kier alpha value is -1.30. The SMILES string of the molecule is Cc1cc(NS(=O)(=O)C(C)(C)C)ncc1N. The highest BCUT2D eigenvalue weighted by Gasteiger charge is 2.29. The number of nitrogens with two attached hydrogens (primary N) is 1. The van der Waals surface area contributed by atoms with Gasteiger partial charge < -0.3 is 5.73 Å². The summed E-state index contributed by atoms with van der Waals surface area (Å²) < 4.78 is 25.2. The molecular weight excluding hydrogens is 226 g/mol. The third kappa shape index (κ3) is 2.63. The summed E-state index contributed by atoms with van der Waals surface area (Å²) in [5, 5.41) is 0. The first-order valence-corrected chi connectivity index (χ1v) is 6.36. The van der Waals surface area contributed by atoms with Crippen LogP contribution in [0.25, 0.3) is 0 Å². The predicted molar refractivity (Wildman–Crippen MR) is 65.7 cm³/mol. The summed E-state index contributed by atoms with van der Waals surface area (Å²) in [6.07, 6.45) is 1.44. The van der Waals surface area contributed by atoms with Crippen molar-refractivity contribution in [1.29, 1.82) is 0 Å². The number of hydrogen-bond acceptors (Lipinski definition) is 4. The van der Waals surface area contributed by atoms with Gasteiger partial charge in [-0.05, 0) is 39.3 Å². The fraction of sp³-hybridized carbons (Fsp3) is 0.500.